The van der Waals surface area contributed by atoms with Crippen LogP contribution >= 0.6 is 0 Å². The maximum absolute atomic E-state index is 13.6. The Bertz CT molecular complexity index is 572. The molecule has 5 heteroatoms. The Morgan fingerprint density at radius 3 is 1.96 bits per heavy atom. The van der Waals surface area contributed by atoms with Gasteiger partial charge in [0, 0.05) is 0 Å². The molecule has 0 N–H and O–H groups in total. The average molecular weight is 374 g/mol. The molecule has 0 saturated heterocycles. The Morgan fingerprint density at radius 2 is 1.46 bits per heavy atom. The standard InChI is InChI=1S/C21H27F5/c1-2-3-4-5-6-15-7-9-16(10-8-15)11-12-17-13-18(22)20(19(23)14-17)21(24,25)26/h3-4,13-16H,2,5-12H2,1H3/b4-3+/t15-,16-. The van der Waals surface area contributed by atoms with Crippen molar-refractivity contribution in [3.63, 3.8) is 0 Å². The molecule has 1 aliphatic rings. The Morgan fingerprint density at radius 1 is 0.923 bits per heavy atom. The van der Waals surface area contributed by atoms with E-state index < -0.39 is 23.4 Å². The number of halogens is 5. The zero-order valence-corrected chi connectivity index (χ0v) is 15.2. The van der Waals surface area contributed by atoms with Gasteiger partial charge in [0.2, 0.25) is 0 Å². The van der Waals surface area contributed by atoms with Gasteiger partial charge in [-0.3, -0.25) is 0 Å². The van der Waals surface area contributed by atoms with Crippen molar-refractivity contribution in [2.24, 2.45) is 11.8 Å². The van der Waals surface area contributed by atoms with E-state index in [0.717, 1.165) is 50.2 Å². The van der Waals surface area contributed by atoms with Crippen molar-refractivity contribution in [1.82, 2.24) is 0 Å². The molecule has 0 aliphatic heterocycles. The Hall–Kier alpha value is -1.39. The van der Waals surface area contributed by atoms with Crippen LogP contribution in [0.25, 0.3) is 0 Å². The molecule has 0 unspecified atom stereocenters. The molecule has 1 fully saturated rings. The lowest BCUT2D eigenvalue weighted by Crippen LogP contribution is -2.15. The maximum atomic E-state index is 13.6. The van der Waals surface area contributed by atoms with E-state index in [1.807, 2.05) is 0 Å². The first-order chi connectivity index (χ1) is 12.3. The second kappa shape index (κ2) is 9.52. The summed E-state index contributed by atoms with van der Waals surface area (Å²) in [6, 6.07) is 1.66. The predicted octanol–water partition coefficient (Wildman–Crippen LogP) is 7.47. The average Bonchev–Trinajstić information content (AvgIpc) is 2.56. The summed E-state index contributed by atoms with van der Waals surface area (Å²) in [7, 11) is 0. The lowest BCUT2D eigenvalue weighted by Gasteiger charge is -2.28. The number of allylic oxidation sites excluding steroid dienone is 2. The van der Waals surface area contributed by atoms with E-state index in [-0.39, 0.29) is 0 Å². The SMILES string of the molecule is CC/C=C/CC[C@H]1CC[C@H](CCc2cc(F)c(C(F)(F)F)c(F)c2)CC1. The molecule has 0 heterocycles. The van der Waals surface area contributed by atoms with Gasteiger partial charge in [-0.2, -0.15) is 13.2 Å². The second-order valence-electron chi connectivity index (χ2n) is 7.31. The lowest BCUT2D eigenvalue weighted by atomic mass is 9.78. The Balaban J connectivity index is 1.81. The third-order valence-electron chi connectivity index (χ3n) is 5.34. The number of aryl methyl sites for hydroxylation is 1. The van der Waals surface area contributed by atoms with Crippen LogP contribution in [0.4, 0.5) is 22.0 Å². The fourth-order valence-corrected chi connectivity index (χ4v) is 3.84. The molecule has 1 aromatic carbocycles. The summed E-state index contributed by atoms with van der Waals surface area (Å²) in [6.07, 6.45) is 8.52. The normalized spacial score (nSPS) is 21.5. The van der Waals surface area contributed by atoms with E-state index in [1.54, 1.807) is 0 Å². The fraction of sp³-hybridized carbons (Fsp3) is 0.619. The minimum atomic E-state index is -5.00. The predicted molar refractivity (Wildman–Crippen MR) is 93.8 cm³/mol. The van der Waals surface area contributed by atoms with Crippen molar-refractivity contribution in [3.05, 3.63) is 47.0 Å². The summed E-state index contributed by atoms with van der Waals surface area (Å²) in [5.41, 5.74) is -1.49. The molecule has 0 bridgehead atoms. The molecule has 0 amide bonds. The van der Waals surface area contributed by atoms with E-state index in [4.69, 9.17) is 0 Å². The third-order valence-corrected chi connectivity index (χ3v) is 5.34. The van der Waals surface area contributed by atoms with Crippen molar-refractivity contribution >= 4 is 0 Å². The van der Waals surface area contributed by atoms with Gasteiger partial charge >= 0.3 is 6.18 Å². The van der Waals surface area contributed by atoms with Gasteiger partial charge in [0.15, 0.2) is 0 Å². The summed E-state index contributed by atoms with van der Waals surface area (Å²) >= 11 is 0. The minimum absolute atomic E-state index is 0.305. The van der Waals surface area contributed by atoms with Gasteiger partial charge in [-0.25, -0.2) is 8.78 Å². The van der Waals surface area contributed by atoms with Gasteiger partial charge in [0.25, 0.3) is 0 Å². The first kappa shape index (κ1) is 20.9. The molecule has 0 aromatic heterocycles. The zero-order valence-electron chi connectivity index (χ0n) is 15.2. The van der Waals surface area contributed by atoms with E-state index >= 15 is 0 Å². The number of hydrogen-bond donors (Lipinski definition) is 0. The highest BCUT2D eigenvalue weighted by Gasteiger charge is 2.37. The van der Waals surface area contributed by atoms with E-state index in [2.05, 4.69) is 19.1 Å². The highest BCUT2D eigenvalue weighted by Crippen LogP contribution is 2.36. The van der Waals surface area contributed by atoms with Gasteiger partial charge < -0.3 is 0 Å². The number of rotatable bonds is 7. The largest absolute Gasteiger partial charge is 0.422 e. The molecule has 1 saturated carbocycles. The fourth-order valence-electron chi connectivity index (χ4n) is 3.84. The third kappa shape index (κ3) is 6.10. The summed E-state index contributed by atoms with van der Waals surface area (Å²) in [5, 5.41) is 0. The van der Waals surface area contributed by atoms with Crippen molar-refractivity contribution in [2.75, 3.05) is 0 Å². The van der Waals surface area contributed by atoms with E-state index in [9.17, 15) is 22.0 Å². The van der Waals surface area contributed by atoms with E-state index in [0.29, 0.717) is 17.9 Å². The van der Waals surface area contributed by atoms with Crippen LogP contribution in [0.15, 0.2) is 24.3 Å². The topological polar surface area (TPSA) is 0 Å². The highest BCUT2D eigenvalue weighted by molar-refractivity contribution is 5.28. The molecule has 0 radical (unpaired) electrons. The van der Waals surface area contributed by atoms with Crippen molar-refractivity contribution in [2.45, 2.75) is 70.9 Å². The van der Waals surface area contributed by atoms with Crippen LogP contribution in [0.2, 0.25) is 0 Å². The van der Waals surface area contributed by atoms with Crippen LogP contribution in [0.5, 0.6) is 0 Å². The monoisotopic (exact) mass is 374 g/mol. The summed E-state index contributed by atoms with van der Waals surface area (Å²) < 4.78 is 65.1. The summed E-state index contributed by atoms with van der Waals surface area (Å²) in [5.74, 6) is -1.80. The molecular weight excluding hydrogens is 347 g/mol. The van der Waals surface area contributed by atoms with Crippen LogP contribution in [0, 0.1) is 23.5 Å². The Labute approximate surface area is 152 Å². The molecule has 2 rings (SSSR count). The number of hydrogen-bond acceptors (Lipinski definition) is 0. The lowest BCUT2D eigenvalue weighted by molar-refractivity contribution is -0.142. The smallest absolute Gasteiger partial charge is 0.206 e. The quantitative estimate of drug-likeness (QED) is 0.343. The minimum Gasteiger partial charge on any atom is -0.206 e. The molecule has 1 aromatic rings. The van der Waals surface area contributed by atoms with Gasteiger partial charge in [-0.05, 0) is 61.6 Å². The molecule has 26 heavy (non-hydrogen) atoms. The number of benzene rings is 1. The zero-order chi connectivity index (χ0) is 19.2. The van der Waals surface area contributed by atoms with Gasteiger partial charge in [-0.15, -0.1) is 0 Å². The second-order valence-corrected chi connectivity index (χ2v) is 7.31. The van der Waals surface area contributed by atoms with Crippen LogP contribution in [0.3, 0.4) is 0 Å². The molecular formula is C21H27F5. The van der Waals surface area contributed by atoms with Crippen LogP contribution in [0.1, 0.15) is 69.4 Å². The molecule has 0 spiro atoms. The molecule has 0 nitrogen and oxygen atoms in total. The Kier molecular flexibility index (Phi) is 7.66. The van der Waals surface area contributed by atoms with Crippen molar-refractivity contribution in [1.29, 1.82) is 0 Å². The van der Waals surface area contributed by atoms with E-state index in [1.165, 1.54) is 19.3 Å². The van der Waals surface area contributed by atoms with Gasteiger partial charge in [0.05, 0.1) is 0 Å². The van der Waals surface area contributed by atoms with Gasteiger partial charge in [-0.1, -0.05) is 44.8 Å². The van der Waals surface area contributed by atoms with Crippen molar-refractivity contribution < 1.29 is 22.0 Å². The summed E-state index contributed by atoms with van der Waals surface area (Å²) in [6.45, 7) is 2.12. The van der Waals surface area contributed by atoms with Crippen LogP contribution in [-0.4, -0.2) is 0 Å². The first-order valence-corrected chi connectivity index (χ1v) is 9.51. The molecule has 1 aliphatic carbocycles. The van der Waals surface area contributed by atoms with Crippen molar-refractivity contribution in [3.8, 4) is 0 Å². The van der Waals surface area contributed by atoms with Crippen LogP contribution in [-0.2, 0) is 12.6 Å². The first-order valence-electron chi connectivity index (χ1n) is 9.51. The van der Waals surface area contributed by atoms with Crippen LogP contribution < -0.4 is 0 Å². The molecule has 0 atom stereocenters. The highest BCUT2D eigenvalue weighted by atomic mass is 19.4. The maximum Gasteiger partial charge on any atom is 0.422 e. The summed E-state index contributed by atoms with van der Waals surface area (Å²) in [4.78, 5) is 0. The van der Waals surface area contributed by atoms with Gasteiger partial charge in [0.1, 0.15) is 17.2 Å². The number of alkyl halides is 3. The molecule has 146 valence electrons.